The van der Waals surface area contributed by atoms with E-state index in [1.54, 1.807) is 20.2 Å². The third-order valence-electron chi connectivity index (χ3n) is 2.63. The summed E-state index contributed by atoms with van der Waals surface area (Å²) in [6.45, 7) is 1.86. The Bertz CT molecular complexity index is 492. The van der Waals surface area contributed by atoms with Crippen molar-refractivity contribution in [3.63, 3.8) is 0 Å². The molecular formula is C13H16N2O3. The molecule has 0 bridgehead atoms. The number of methoxy groups -OCH3 is 2. The molecule has 0 saturated carbocycles. The summed E-state index contributed by atoms with van der Waals surface area (Å²) in [5, 5.41) is 8.56. The van der Waals surface area contributed by atoms with E-state index in [9.17, 15) is 4.79 Å². The number of carbonyl (C=O) groups is 1. The summed E-state index contributed by atoms with van der Waals surface area (Å²) in [5.74, 6) is 0.930. The van der Waals surface area contributed by atoms with E-state index in [0.29, 0.717) is 17.2 Å². The molecule has 5 heteroatoms. The average Bonchev–Trinajstić information content (AvgIpc) is 2.37. The van der Waals surface area contributed by atoms with Crippen molar-refractivity contribution in [1.82, 2.24) is 0 Å². The molecule has 96 valence electrons. The molecule has 0 saturated heterocycles. The van der Waals surface area contributed by atoms with E-state index in [-0.39, 0.29) is 12.3 Å². The van der Waals surface area contributed by atoms with Crippen LogP contribution in [0.4, 0.5) is 5.69 Å². The number of hydrogen-bond acceptors (Lipinski definition) is 4. The van der Waals surface area contributed by atoms with Gasteiger partial charge in [0.15, 0.2) is 0 Å². The van der Waals surface area contributed by atoms with Gasteiger partial charge in [0.05, 0.1) is 26.0 Å². The topological polar surface area (TPSA) is 62.6 Å². The molecule has 0 aliphatic rings. The first-order valence-corrected chi connectivity index (χ1v) is 5.41. The second-order valence-corrected chi connectivity index (χ2v) is 3.78. The molecule has 0 atom stereocenters. The van der Waals surface area contributed by atoms with Crippen LogP contribution in [0.5, 0.6) is 11.5 Å². The van der Waals surface area contributed by atoms with Crippen LogP contribution in [0.1, 0.15) is 12.0 Å². The van der Waals surface area contributed by atoms with Gasteiger partial charge in [-0.25, -0.2) is 0 Å². The molecule has 0 aliphatic carbocycles. The second kappa shape index (κ2) is 5.92. The van der Waals surface area contributed by atoms with Gasteiger partial charge in [0.1, 0.15) is 17.9 Å². The van der Waals surface area contributed by atoms with Crippen molar-refractivity contribution in [3.8, 4) is 17.6 Å². The Morgan fingerprint density at radius 3 is 2.56 bits per heavy atom. The molecule has 0 heterocycles. The molecular weight excluding hydrogens is 232 g/mol. The number of aryl methyl sites for hydroxylation is 1. The van der Waals surface area contributed by atoms with E-state index >= 15 is 0 Å². The molecule has 0 aromatic heterocycles. The summed E-state index contributed by atoms with van der Waals surface area (Å²) in [6.07, 6.45) is -0.162. The maximum absolute atomic E-state index is 11.7. The summed E-state index contributed by atoms with van der Waals surface area (Å²) in [7, 11) is 4.72. The predicted octanol–water partition coefficient (Wildman–Crippen LogP) is 1.89. The summed E-state index contributed by atoms with van der Waals surface area (Å²) in [5.41, 5.74) is 1.50. The lowest BCUT2D eigenvalue weighted by atomic mass is 10.1. The van der Waals surface area contributed by atoms with Crippen LogP contribution in [0, 0.1) is 18.3 Å². The van der Waals surface area contributed by atoms with Gasteiger partial charge in [0, 0.05) is 13.1 Å². The minimum Gasteiger partial charge on any atom is -0.497 e. The van der Waals surface area contributed by atoms with E-state index in [2.05, 4.69) is 0 Å². The number of carbonyl (C=O) groups excluding carboxylic acids is 1. The molecule has 0 unspecified atom stereocenters. The summed E-state index contributed by atoms with van der Waals surface area (Å²) >= 11 is 0. The second-order valence-electron chi connectivity index (χ2n) is 3.78. The molecule has 0 fully saturated rings. The Kier molecular flexibility index (Phi) is 4.55. The van der Waals surface area contributed by atoms with Crippen molar-refractivity contribution in [1.29, 1.82) is 5.26 Å². The maximum atomic E-state index is 11.7. The van der Waals surface area contributed by atoms with Crippen molar-refractivity contribution < 1.29 is 14.3 Å². The Balaban J connectivity index is 3.23. The lowest BCUT2D eigenvalue weighted by molar-refractivity contribution is -0.117. The minimum atomic E-state index is -0.274. The summed E-state index contributed by atoms with van der Waals surface area (Å²) in [6, 6.07) is 5.36. The number of amides is 1. The van der Waals surface area contributed by atoms with Crippen molar-refractivity contribution in [3.05, 3.63) is 17.7 Å². The standard InChI is InChI=1S/C13H16N2O3/c1-9-7-10(17-3)8-11(18-4)13(9)15(2)12(16)5-6-14/h7-8H,5H2,1-4H3. The molecule has 1 amide bonds. The lowest BCUT2D eigenvalue weighted by Crippen LogP contribution is -2.26. The quantitative estimate of drug-likeness (QED) is 0.816. The van der Waals surface area contributed by atoms with Crippen molar-refractivity contribution >= 4 is 11.6 Å². The van der Waals surface area contributed by atoms with E-state index in [4.69, 9.17) is 14.7 Å². The number of anilines is 1. The highest BCUT2D eigenvalue weighted by atomic mass is 16.5. The first-order chi connectivity index (χ1) is 8.54. The number of rotatable bonds is 4. The number of nitrogens with zero attached hydrogens (tertiary/aromatic N) is 2. The highest BCUT2D eigenvalue weighted by Gasteiger charge is 2.18. The Morgan fingerprint density at radius 1 is 1.39 bits per heavy atom. The van der Waals surface area contributed by atoms with Crippen LogP contribution < -0.4 is 14.4 Å². The monoisotopic (exact) mass is 248 g/mol. The van der Waals surface area contributed by atoms with Crippen LogP contribution in [-0.4, -0.2) is 27.2 Å². The van der Waals surface area contributed by atoms with Gasteiger partial charge in [-0.2, -0.15) is 5.26 Å². The van der Waals surface area contributed by atoms with Gasteiger partial charge in [-0.05, 0) is 18.6 Å². The van der Waals surface area contributed by atoms with Gasteiger partial charge in [-0.1, -0.05) is 0 Å². The number of nitriles is 1. The van der Waals surface area contributed by atoms with Gasteiger partial charge in [0.25, 0.3) is 0 Å². The van der Waals surface area contributed by atoms with Crippen molar-refractivity contribution in [2.75, 3.05) is 26.2 Å². The smallest absolute Gasteiger partial charge is 0.241 e. The van der Waals surface area contributed by atoms with E-state index in [1.807, 2.05) is 19.1 Å². The van der Waals surface area contributed by atoms with Gasteiger partial charge < -0.3 is 14.4 Å². The fourth-order valence-corrected chi connectivity index (χ4v) is 1.73. The molecule has 1 aromatic carbocycles. The number of ether oxygens (including phenoxy) is 2. The van der Waals surface area contributed by atoms with Crippen LogP contribution >= 0.6 is 0 Å². The Labute approximate surface area is 107 Å². The van der Waals surface area contributed by atoms with Gasteiger partial charge >= 0.3 is 0 Å². The fraction of sp³-hybridized carbons (Fsp3) is 0.385. The zero-order chi connectivity index (χ0) is 13.7. The zero-order valence-electron chi connectivity index (χ0n) is 11.0. The Morgan fingerprint density at radius 2 is 2.06 bits per heavy atom. The molecule has 0 aliphatic heterocycles. The summed E-state index contributed by atoms with van der Waals surface area (Å²) in [4.78, 5) is 13.2. The molecule has 0 N–H and O–H groups in total. The largest absolute Gasteiger partial charge is 0.497 e. The predicted molar refractivity (Wildman–Crippen MR) is 67.9 cm³/mol. The first-order valence-electron chi connectivity index (χ1n) is 5.41. The van der Waals surface area contributed by atoms with Crippen LogP contribution in [0.25, 0.3) is 0 Å². The normalized spacial score (nSPS) is 9.50. The molecule has 1 rings (SSSR count). The van der Waals surface area contributed by atoms with E-state index < -0.39 is 0 Å². The van der Waals surface area contributed by atoms with Gasteiger partial charge in [0.2, 0.25) is 5.91 Å². The van der Waals surface area contributed by atoms with Crippen molar-refractivity contribution in [2.45, 2.75) is 13.3 Å². The number of benzene rings is 1. The van der Waals surface area contributed by atoms with Crippen molar-refractivity contribution in [2.24, 2.45) is 0 Å². The first kappa shape index (κ1) is 13.8. The molecule has 18 heavy (non-hydrogen) atoms. The fourth-order valence-electron chi connectivity index (χ4n) is 1.73. The van der Waals surface area contributed by atoms with E-state index in [0.717, 1.165) is 5.56 Å². The van der Waals surface area contributed by atoms with Gasteiger partial charge in [-0.3, -0.25) is 4.79 Å². The SMILES string of the molecule is COc1cc(C)c(N(C)C(=O)CC#N)c(OC)c1. The van der Waals surface area contributed by atoms with Crippen LogP contribution in [0.15, 0.2) is 12.1 Å². The molecule has 1 aromatic rings. The van der Waals surface area contributed by atoms with Gasteiger partial charge in [-0.15, -0.1) is 0 Å². The zero-order valence-corrected chi connectivity index (χ0v) is 11.0. The highest BCUT2D eigenvalue weighted by Crippen LogP contribution is 2.35. The molecule has 5 nitrogen and oxygen atoms in total. The minimum absolute atomic E-state index is 0.162. The molecule has 0 radical (unpaired) electrons. The Hall–Kier alpha value is -2.22. The maximum Gasteiger partial charge on any atom is 0.241 e. The summed E-state index contributed by atoms with van der Waals surface area (Å²) < 4.78 is 10.4. The molecule has 0 spiro atoms. The van der Waals surface area contributed by atoms with E-state index in [1.165, 1.54) is 12.0 Å². The van der Waals surface area contributed by atoms with Crippen LogP contribution in [0.3, 0.4) is 0 Å². The average molecular weight is 248 g/mol. The lowest BCUT2D eigenvalue weighted by Gasteiger charge is -2.22. The third-order valence-corrected chi connectivity index (χ3v) is 2.63. The third kappa shape index (κ3) is 2.72. The van der Waals surface area contributed by atoms with Crippen LogP contribution in [-0.2, 0) is 4.79 Å². The number of hydrogen-bond donors (Lipinski definition) is 0. The van der Waals surface area contributed by atoms with Crippen LogP contribution in [0.2, 0.25) is 0 Å². The highest BCUT2D eigenvalue weighted by molar-refractivity contribution is 5.96.